The van der Waals surface area contributed by atoms with E-state index in [9.17, 15) is 8.42 Å². The zero-order chi connectivity index (χ0) is 15.9. The predicted molar refractivity (Wildman–Crippen MR) is 85.1 cm³/mol. The maximum atomic E-state index is 12.6. The van der Waals surface area contributed by atoms with E-state index >= 15 is 0 Å². The summed E-state index contributed by atoms with van der Waals surface area (Å²) in [5.74, 6) is 0. The normalized spacial score (nSPS) is 18.2. The topological polar surface area (TPSA) is 64.0 Å². The molecule has 22 heavy (non-hydrogen) atoms. The zero-order valence-corrected chi connectivity index (χ0v) is 13.9. The maximum absolute atomic E-state index is 12.6. The molecule has 1 aliphatic carbocycles. The number of benzene rings is 1. The molecule has 1 N–H and O–H groups in total. The van der Waals surface area contributed by atoms with Crippen LogP contribution in [0.2, 0.25) is 0 Å². The van der Waals surface area contributed by atoms with Gasteiger partial charge in [0.25, 0.3) is 0 Å². The van der Waals surface area contributed by atoms with E-state index in [1.165, 1.54) is 0 Å². The molecule has 0 unspecified atom stereocenters. The molecule has 118 valence electrons. The number of hydrogen-bond acceptors (Lipinski definition) is 3. The van der Waals surface area contributed by atoms with Gasteiger partial charge in [0.2, 0.25) is 10.0 Å². The van der Waals surface area contributed by atoms with Gasteiger partial charge in [-0.25, -0.2) is 13.1 Å². The van der Waals surface area contributed by atoms with Crippen molar-refractivity contribution in [2.24, 2.45) is 7.05 Å². The van der Waals surface area contributed by atoms with Crippen LogP contribution < -0.4 is 4.72 Å². The van der Waals surface area contributed by atoms with Gasteiger partial charge in [-0.2, -0.15) is 5.10 Å². The summed E-state index contributed by atoms with van der Waals surface area (Å²) in [5, 5.41) is 4.26. The second-order valence-electron chi connectivity index (χ2n) is 5.98. The van der Waals surface area contributed by atoms with E-state index in [-0.39, 0.29) is 6.04 Å². The first-order valence-corrected chi connectivity index (χ1v) is 8.97. The van der Waals surface area contributed by atoms with Gasteiger partial charge < -0.3 is 0 Å². The highest BCUT2D eigenvalue weighted by Crippen LogP contribution is 2.30. The van der Waals surface area contributed by atoms with Gasteiger partial charge in [0.05, 0.1) is 17.1 Å². The molecule has 1 aromatic carbocycles. The van der Waals surface area contributed by atoms with Crippen molar-refractivity contribution in [1.82, 2.24) is 14.5 Å². The van der Waals surface area contributed by atoms with Crippen LogP contribution >= 0.6 is 0 Å². The van der Waals surface area contributed by atoms with E-state index in [4.69, 9.17) is 0 Å². The van der Waals surface area contributed by atoms with Crippen LogP contribution in [-0.4, -0.2) is 18.2 Å². The van der Waals surface area contributed by atoms with Gasteiger partial charge in [0.1, 0.15) is 0 Å². The van der Waals surface area contributed by atoms with Crippen molar-refractivity contribution in [2.45, 2.75) is 44.0 Å². The molecule has 0 bridgehead atoms. The Morgan fingerprint density at radius 1 is 1.27 bits per heavy atom. The van der Waals surface area contributed by atoms with E-state index in [0.29, 0.717) is 4.90 Å². The first-order chi connectivity index (χ1) is 10.4. The molecular weight excluding hydrogens is 298 g/mol. The van der Waals surface area contributed by atoms with Gasteiger partial charge in [-0.05, 0) is 56.4 Å². The zero-order valence-electron chi connectivity index (χ0n) is 13.1. The Morgan fingerprint density at radius 2 is 2.05 bits per heavy atom. The summed E-state index contributed by atoms with van der Waals surface area (Å²) in [6, 6.07) is 5.05. The van der Waals surface area contributed by atoms with Crippen LogP contribution in [0.5, 0.6) is 0 Å². The summed E-state index contributed by atoms with van der Waals surface area (Å²) < 4.78 is 30.0. The van der Waals surface area contributed by atoms with Crippen molar-refractivity contribution < 1.29 is 8.42 Å². The van der Waals surface area contributed by atoms with Gasteiger partial charge >= 0.3 is 0 Å². The van der Waals surface area contributed by atoms with E-state index in [1.54, 1.807) is 18.3 Å². The van der Waals surface area contributed by atoms with Gasteiger partial charge in [-0.1, -0.05) is 6.07 Å². The lowest BCUT2D eigenvalue weighted by Crippen LogP contribution is -2.31. The molecule has 0 fully saturated rings. The molecule has 0 radical (unpaired) electrons. The molecule has 1 aliphatic rings. The number of aryl methyl sites for hydroxylation is 3. The van der Waals surface area contributed by atoms with Crippen LogP contribution in [0.15, 0.2) is 29.3 Å². The maximum Gasteiger partial charge on any atom is 0.241 e. The highest BCUT2D eigenvalue weighted by Gasteiger charge is 2.28. The number of sulfonamides is 1. The molecule has 0 saturated carbocycles. The summed E-state index contributed by atoms with van der Waals surface area (Å²) in [6.07, 6.45) is 4.51. The molecule has 5 nitrogen and oxygen atoms in total. The molecule has 1 heterocycles. The van der Waals surface area contributed by atoms with E-state index < -0.39 is 10.0 Å². The number of nitrogens with one attached hydrogen (secondary N) is 1. The van der Waals surface area contributed by atoms with Crippen molar-refractivity contribution in [2.75, 3.05) is 0 Å². The first-order valence-electron chi connectivity index (χ1n) is 7.49. The van der Waals surface area contributed by atoms with Crippen LogP contribution in [0, 0.1) is 13.8 Å². The summed E-state index contributed by atoms with van der Waals surface area (Å²) in [4.78, 5) is 0.326. The second kappa shape index (κ2) is 5.52. The third kappa shape index (κ3) is 2.68. The minimum Gasteiger partial charge on any atom is -0.272 e. The lowest BCUT2D eigenvalue weighted by Gasteiger charge is -2.23. The highest BCUT2D eigenvalue weighted by molar-refractivity contribution is 7.89. The lowest BCUT2D eigenvalue weighted by molar-refractivity contribution is 0.498. The fraction of sp³-hybridized carbons (Fsp3) is 0.438. The predicted octanol–water partition coefficient (Wildman–Crippen LogP) is 2.39. The fourth-order valence-electron chi connectivity index (χ4n) is 2.97. The molecular formula is C16H21N3O2S. The Hall–Kier alpha value is -1.66. The minimum absolute atomic E-state index is 0.191. The van der Waals surface area contributed by atoms with Gasteiger partial charge in [-0.3, -0.25) is 4.68 Å². The second-order valence-corrected chi connectivity index (χ2v) is 7.70. The summed E-state index contributed by atoms with van der Waals surface area (Å²) in [6.45, 7) is 3.90. The standard InChI is InChI=1S/C16H21N3O2S/c1-11-7-8-13(9-12(11)2)22(20,21)18-15-5-4-6-16-14(15)10-17-19(16)3/h7-10,15,18H,4-6H2,1-3H3/t15-/m0/s1. The lowest BCUT2D eigenvalue weighted by atomic mass is 9.94. The number of fused-ring (bicyclic) bond motifs is 1. The molecule has 0 aliphatic heterocycles. The molecule has 1 aromatic heterocycles. The fourth-order valence-corrected chi connectivity index (χ4v) is 4.30. The summed E-state index contributed by atoms with van der Waals surface area (Å²) >= 11 is 0. The Bertz CT molecular complexity index is 809. The Labute approximate surface area is 131 Å². The Balaban J connectivity index is 1.90. The summed E-state index contributed by atoms with van der Waals surface area (Å²) in [7, 11) is -1.62. The molecule has 0 saturated heterocycles. The van der Waals surface area contributed by atoms with Crippen molar-refractivity contribution in [3.63, 3.8) is 0 Å². The smallest absolute Gasteiger partial charge is 0.241 e. The van der Waals surface area contributed by atoms with Crippen molar-refractivity contribution in [1.29, 1.82) is 0 Å². The van der Waals surface area contributed by atoms with Crippen molar-refractivity contribution in [3.05, 3.63) is 46.8 Å². The molecule has 0 amide bonds. The molecule has 1 atom stereocenters. The Morgan fingerprint density at radius 3 is 2.77 bits per heavy atom. The minimum atomic E-state index is -3.52. The highest BCUT2D eigenvalue weighted by atomic mass is 32.2. The first kappa shape index (κ1) is 15.2. The number of aromatic nitrogens is 2. The number of rotatable bonds is 3. The average molecular weight is 319 g/mol. The van der Waals surface area contributed by atoms with Gasteiger partial charge in [-0.15, -0.1) is 0 Å². The third-order valence-electron chi connectivity index (χ3n) is 4.46. The molecule has 6 heteroatoms. The van der Waals surface area contributed by atoms with E-state index in [0.717, 1.165) is 41.6 Å². The van der Waals surface area contributed by atoms with Crippen LogP contribution in [0.1, 0.15) is 41.3 Å². The van der Waals surface area contributed by atoms with Crippen LogP contribution in [0.3, 0.4) is 0 Å². The van der Waals surface area contributed by atoms with E-state index in [2.05, 4.69) is 9.82 Å². The van der Waals surface area contributed by atoms with E-state index in [1.807, 2.05) is 31.6 Å². The molecule has 2 aromatic rings. The quantitative estimate of drug-likeness (QED) is 0.945. The SMILES string of the molecule is Cc1ccc(S(=O)(=O)N[C@H]2CCCc3c2cnn3C)cc1C. The van der Waals surface area contributed by atoms with Crippen LogP contribution in [-0.2, 0) is 23.5 Å². The van der Waals surface area contributed by atoms with Gasteiger partial charge in [0, 0.05) is 18.3 Å². The third-order valence-corrected chi connectivity index (χ3v) is 5.93. The monoisotopic (exact) mass is 319 g/mol. The summed E-state index contributed by atoms with van der Waals surface area (Å²) in [5.41, 5.74) is 4.19. The van der Waals surface area contributed by atoms with Crippen LogP contribution in [0.4, 0.5) is 0 Å². The average Bonchev–Trinajstić information content (AvgIpc) is 2.84. The molecule has 3 rings (SSSR count). The van der Waals surface area contributed by atoms with Crippen molar-refractivity contribution >= 4 is 10.0 Å². The van der Waals surface area contributed by atoms with Gasteiger partial charge in [0.15, 0.2) is 0 Å². The number of hydrogen-bond donors (Lipinski definition) is 1. The largest absolute Gasteiger partial charge is 0.272 e. The van der Waals surface area contributed by atoms with Crippen LogP contribution in [0.25, 0.3) is 0 Å². The Kier molecular flexibility index (Phi) is 3.82. The van der Waals surface area contributed by atoms with Crippen molar-refractivity contribution in [3.8, 4) is 0 Å². The number of nitrogens with zero attached hydrogens (tertiary/aromatic N) is 2. The molecule has 0 spiro atoms.